The fraction of sp³-hybridized carbons (Fsp3) is 0.353. The molecule has 254 valence electrons. The minimum absolute atomic E-state index is 0.00872. The maximum atomic E-state index is 13.3. The van der Waals surface area contributed by atoms with Crippen molar-refractivity contribution in [2.75, 3.05) is 25.4 Å². The summed E-state index contributed by atoms with van der Waals surface area (Å²) in [5.74, 6) is 0.253. The normalized spacial score (nSPS) is 15.5. The van der Waals surface area contributed by atoms with Crippen LogP contribution in [0.15, 0.2) is 78.0 Å². The monoisotopic (exact) mass is 689 g/mol. The fourth-order valence-electron chi connectivity index (χ4n) is 5.59. The summed E-state index contributed by atoms with van der Waals surface area (Å²) in [7, 11) is 0. The number of piperazine rings is 1. The van der Waals surface area contributed by atoms with Crippen molar-refractivity contribution in [1.29, 1.82) is 0 Å². The number of rotatable bonds is 9. The Morgan fingerprint density at radius 1 is 0.875 bits per heavy atom. The van der Waals surface area contributed by atoms with Gasteiger partial charge in [0.2, 0.25) is 5.91 Å². The van der Waals surface area contributed by atoms with Gasteiger partial charge in [-0.15, -0.1) is 10.2 Å². The standard InChI is InChI=1S/C34H33F6N5O2S/c1-22-8-6-11-28(16-22)45-29(17-24-9-4-3-5-10-24)41-42-32(45)48-15-7-12-30(46)43-13-14-44(23(2)21-43)31(47)25-18-26(33(35,36)37)20-27(19-25)34(38,39)40/h3-6,8-11,16,18-20,23H,7,12-15,17,21H2,1-2H3. The van der Waals surface area contributed by atoms with Gasteiger partial charge in [-0.2, -0.15) is 26.3 Å². The molecule has 48 heavy (non-hydrogen) atoms. The van der Waals surface area contributed by atoms with Gasteiger partial charge in [0.15, 0.2) is 5.16 Å². The number of thioether (sulfide) groups is 1. The Morgan fingerprint density at radius 3 is 2.19 bits per heavy atom. The van der Waals surface area contributed by atoms with E-state index in [1.165, 1.54) is 16.7 Å². The summed E-state index contributed by atoms with van der Waals surface area (Å²) >= 11 is 1.48. The molecule has 1 fully saturated rings. The second kappa shape index (κ2) is 14.4. The Labute approximate surface area is 277 Å². The first-order valence-corrected chi connectivity index (χ1v) is 16.3. The van der Waals surface area contributed by atoms with E-state index < -0.39 is 41.0 Å². The summed E-state index contributed by atoms with van der Waals surface area (Å²) in [4.78, 5) is 29.0. The van der Waals surface area contributed by atoms with E-state index in [1.807, 2.05) is 60.0 Å². The number of aryl methyl sites for hydroxylation is 1. The van der Waals surface area contributed by atoms with E-state index in [0.29, 0.717) is 35.9 Å². The maximum absolute atomic E-state index is 13.3. The summed E-state index contributed by atoms with van der Waals surface area (Å²) in [5.41, 5.74) is -0.686. The first-order chi connectivity index (χ1) is 22.7. The van der Waals surface area contributed by atoms with Crippen molar-refractivity contribution < 1.29 is 35.9 Å². The molecule has 7 nitrogen and oxygen atoms in total. The van der Waals surface area contributed by atoms with E-state index in [9.17, 15) is 35.9 Å². The second-order valence-electron chi connectivity index (χ2n) is 11.7. The molecule has 2 heterocycles. The highest BCUT2D eigenvalue weighted by Crippen LogP contribution is 2.37. The van der Waals surface area contributed by atoms with Gasteiger partial charge in [-0.25, -0.2) is 0 Å². The molecule has 0 bridgehead atoms. The van der Waals surface area contributed by atoms with Gasteiger partial charge in [0.1, 0.15) is 5.82 Å². The van der Waals surface area contributed by atoms with Crippen LogP contribution >= 0.6 is 11.8 Å². The summed E-state index contributed by atoms with van der Waals surface area (Å²) in [6, 6.07) is 18.2. The molecular weight excluding hydrogens is 656 g/mol. The predicted molar refractivity (Wildman–Crippen MR) is 169 cm³/mol. The van der Waals surface area contributed by atoms with Gasteiger partial charge in [0.25, 0.3) is 5.91 Å². The van der Waals surface area contributed by atoms with Crippen LogP contribution in [0.25, 0.3) is 5.69 Å². The molecule has 0 saturated carbocycles. The van der Waals surface area contributed by atoms with E-state index in [2.05, 4.69) is 16.3 Å². The second-order valence-corrected chi connectivity index (χ2v) is 12.7. The lowest BCUT2D eigenvalue weighted by atomic mass is 10.0. The molecular formula is C34H33F6N5O2S. The molecule has 0 radical (unpaired) electrons. The zero-order chi connectivity index (χ0) is 34.6. The van der Waals surface area contributed by atoms with Crippen LogP contribution in [-0.2, 0) is 23.6 Å². The molecule has 1 aromatic heterocycles. The van der Waals surface area contributed by atoms with Crippen molar-refractivity contribution in [3.05, 3.63) is 106 Å². The van der Waals surface area contributed by atoms with Gasteiger partial charge < -0.3 is 9.80 Å². The van der Waals surface area contributed by atoms with Crippen LogP contribution in [0.4, 0.5) is 26.3 Å². The topological polar surface area (TPSA) is 71.3 Å². The van der Waals surface area contributed by atoms with Crippen LogP contribution < -0.4 is 0 Å². The minimum Gasteiger partial charge on any atom is -0.339 e. The van der Waals surface area contributed by atoms with Crippen molar-refractivity contribution in [2.24, 2.45) is 0 Å². The predicted octanol–water partition coefficient (Wildman–Crippen LogP) is 7.45. The van der Waals surface area contributed by atoms with Crippen LogP contribution in [-0.4, -0.2) is 67.8 Å². The van der Waals surface area contributed by atoms with E-state index >= 15 is 0 Å². The fourth-order valence-corrected chi connectivity index (χ4v) is 6.50. The van der Waals surface area contributed by atoms with E-state index in [-0.39, 0.29) is 38.0 Å². The van der Waals surface area contributed by atoms with Crippen molar-refractivity contribution >= 4 is 23.6 Å². The summed E-state index contributed by atoms with van der Waals surface area (Å²) < 4.78 is 82.0. The van der Waals surface area contributed by atoms with E-state index in [1.54, 1.807) is 11.8 Å². The molecule has 0 aliphatic carbocycles. The number of nitrogens with zero attached hydrogens (tertiary/aromatic N) is 5. The average Bonchev–Trinajstić information content (AvgIpc) is 3.44. The van der Waals surface area contributed by atoms with E-state index in [0.717, 1.165) is 22.6 Å². The third-order valence-electron chi connectivity index (χ3n) is 8.01. The first-order valence-electron chi connectivity index (χ1n) is 15.3. The highest BCUT2D eigenvalue weighted by molar-refractivity contribution is 7.99. The van der Waals surface area contributed by atoms with Crippen molar-refractivity contribution in [2.45, 2.75) is 56.7 Å². The zero-order valence-corrected chi connectivity index (χ0v) is 27.0. The molecule has 1 aliphatic rings. The molecule has 1 unspecified atom stereocenters. The highest BCUT2D eigenvalue weighted by Gasteiger charge is 2.39. The van der Waals surface area contributed by atoms with Gasteiger partial charge in [-0.1, -0.05) is 54.2 Å². The van der Waals surface area contributed by atoms with Crippen LogP contribution in [0.1, 0.15) is 58.2 Å². The molecule has 5 rings (SSSR count). The zero-order valence-electron chi connectivity index (χ0n) is 26.2. The van der Waals surface area contributed by atoms with Crippen molar-refractivity contribution in [3.63, 3.8) is 0 Å². The number of halogens is 6. The third-order valence-corrected chi connectivity index (χ3v) is 9.02. The van der Waals surface area contributed by atoms with Gasteiger partial charge in [0, 0.05) is 55.5 Å². The Kier molecular flexibility index (Phi) is 10.5. The van der Waals surface area contributed by atoms with Gasteiger partial charge in [0.05, 0.1) is 11.1 Å². The molecule has 0 spiro atoms. The lowest BCUT2D eigenvalue weighted by molar-refractivity contribution is -0.143. The number of carbonyl (C=O) groups is 2. The summed E-state index contributed by atoms with van der Waals surface area (Å²) in [6.45, 7) is 3.80. The molecule has 1 aliphatic heterocycles. The van der Waals surface area contributed by atoms with Crippen molar-refractivity contribution in [3.8, 4) is 5.69 Å². The Bertz CT molecular complexity index is 1730. The molecule has 14 heteroatoms. The maximum Gasteiger partial charge on any atom is 0.416 e. The number of alkyl halides is 6. The van der Waals surface area contributed by atoms with Crippen LogP contribution in [0, 0.1) is 6.92 Å². The quantitative estimate of drug-likeness (QED) is 0.104. The smallest absolute Gasteiger partial charge is 0.339 e. The summed E-state index contributed by atoms with van der Waals surface area (Å²) in [6.07, 6.45) is -8.80. The number of benzene rings is 3. The van der Waals surface area contributed by atoms with Crippen LogP contribution in [0.3, 0.4) is 0 Å². The number of amides is 2. The Morgan fingerprint density at radius 2 is 1.56 bits per heavy atom. The SMILES string of the molecule is Cc1cccc(-n2c(Cc3ccccc3)nnc2SCCCC(=O)N2CCN(C(=O)c3cc(C(F)(F)F)cc(C(F)(F)F)c3)C(C)C2)c1. The largest absolute Gasteiger partial charge is 0.416 e. The lowest BCUT2D eigenvalue weighted by Gasteiger charge is -2.40. The molecule has 0 N–H and O–H groups in total. The molecule has 1 atom stereocenters. The number of carbonyl (C=O) groups excluding carboxylic acids is 2. The highest BCUT2D eigenvalue weighted by atomic mass is 32.2. The number of hydrogen-bond acceptors (Lipinski definition) is 5. The summed E-state index contributed by atoms with van der Waals surface area (Å²) in [5, 5.41) is 9.60. The van der Waals surface area contributed by atoms with Crippen LogP contribution in [0.5, 0.6) is 0 Å². The van der Waals surface area contributed by atoms with Crippen LogP contribution in [0.2, 0.25) is 0 Å². The number of hydrogen-bond donors (Lipinski definition) is 0. The van der Waals surface area contributed by atoms with Crippen molar-refractivity contribution in [1.82, 2.24) is 24.6 Å². The number of aromatic nitrogens is 3. The van der Waals surface area contributed by atoms with Gasteiger partial charge >= 0.3 is 12.4 Å². The molecule has 2 amide bonds. The Hall–Kier alpha value is -4.33. The third kappa shape index (κ3) is 8.38. The average molecular weight is 690 g/mol. The molecule has 3 aromatic carbocycles. The lowest BCUT2D eigenvalue weighted by Crippen LogP contribution is -2.55. The first kappa shape index (κ1) is 35.0. The molecule has 4 aromatic rings. The molecule has 1 saturated heterocycles. The van der Waals surface area contributed by atoms with Gasteiger partial charge in [-0.3, -0.25) is 14.2 Å². The Balaban J connectivity index is 1.19. The minimum atomic E-state index is -5.06. The van der Waals surface area contributed by atoms with E-state index in [4.69, 9.17) is 0 Å². The van der Waals surface area contributed by atoms with Gasteiger partial charge in [-0.05, 0) is 61.7 Å².